The molecule has 0 unspecified atom stereocenters. The first-order valence-corrected chi connectivity index (χ1v) is 8.85. The smallest absolute Gasteiger partial charge is 0.270 e. The Bertz CT molecular complexity index is 569. The molecule has 0 radical (unpaired) electrons. The highest BCUT2D eigenvalue weighted by atomic mass is 16.5. The standard InChI is InChI=1S/C18H28N2O4/c1-24-11-3-8-18(13-21)12-19(10-7-16(18)22)17(23)15-4-2-9-20(15)14-5-6-14/h2,4,9,14,16,21-22H,3,5-8,10-13H2,1H3/t16-,18+/m1/s1. The highest BCUT2D eigenvalue weighted by molar-refractivity contribution is 5.93. The van der Waals surface area contributed by atoms with Crippen molar-refractivity contribution in [2.75, 3.05) is 33.4 Å². The topological polar surface area (TPSA) is 74.9 Å². The van der Waals surface area contributed by atoms with Gasteiger partial charge in [-0.15, -0.1) is 0 Å². The third kappa shape index (κ3) is 3.36. The first-order chi connectivity index (χ1) is 11.6. The summed E-state index contributed by atoms with van der Waals surface area (Å²) in [7, 11) is 1.64. The Morgan fingerprint density at radius 3 is 2.88 bits per heavy atom. The Labute approximate surface area is 143 Å². The van der Waals surface area contributed by atoms with Crippen LogP contribution in [0.15, 0.2) is 18.3 Å². The molecule has 0 spiro atoms. The third-order valence-corrected chi connectivity index (χ3v) is 5.45. The molecule has 2 fully saturated rings. The molecule has 1 amide bonds. The highest BCUT2D eigenvalue weighted by Crippen LogP contribution is 2.38. The van der Waals surface area contributed by atoms with Crippen molar-refractivity contribution in [1.29, 1.82) is 0 Å². The molecular weight excluding hydrogens is 308 g/mol. The van der Waals surface area contributed by atoms with E-state index >= 15 is 0 Å². The molecule has 24 heavy (non-hydrogen) atoms. The molecular formula is C18H28N2O4. The van der Waals surface area contributed by atoms with Gasteiger partial charge in [-0.2, -0.15) is 0 Å². The summed E-state index contributed by atoms with van der Waals surface area (Å²) in [6, 6.07) is 4.25. The fraction of sp³-hybridized carbons (Fsp3) is 0.722. The zero-order valence-electron chi connectivity index (χ0n) is 14.4. The van der Waals surface area contributed by atoms with E-state index in [1.165, 1.54) is 0 Å². The van der Waals surface area contributed by atoms with Gasteiger partial charge in [0.05, 0.1) is 12.7 Å². The van der Waals surface area contributed by atoms with Crippen LogP contribution in [-0.2, 0) is 4.74 Å². The molecule has 1 aliphatic heterocycles. The number of rotatable bonds is 7. The number of piperidine rings is 1. The summed E-state index contributed by atoms with van der Waals surface area (Å²) < 4.78 is 7.16. The molecule has 0 bridgehead atoms. The largest absolute Gasteiger partial charge is 0.396 e. The molecule has 134 valence electrons. The molecule has 1 aromatic rings. The van der Waals surface area contributed by atoms with Crippen molar-refractivity contribution in [2.45, 2.75) is 44.2 Å². The quantitative estimate of drug-likeness (QED) is 0.739. The van der Waals surface area contributed by atoms with Gasteiger partial charge in [-0.1, -0.05) is 0 Å². The minimum Gasteiger partial charge on any atom is -0.396 e. The second-order valence-electron chi connectivity index (χ2n) is 7.18. The lowest BCUT2D eigenvalue weighted by Crippen LogP contribution is -2.55. The number of nitrogens with zero attached hydrogens (tertiary/aromatic N) is 2. The van der Waals surface area contributed by atoms with Crippen molar-refractivity contribution in [2.24, 2.45) is 5.41 Å². The number of aliphatic hydroxyl groups excluding tert-OH is 2. The molecule has 1 saturated carbocycles. The third-order valence-electron chi connectivity index (χ3n) is 5.45. The summed E-state index contributed by atoms with van der Waals surface area (Å²) in [6.07, 6.45) is 5.56. The van der Waals surface area contributed by atoms with Crippen molar-refractivity contribution in [3.63, 3.8) is 0 Å². The number of methoxy groups -OCH3 is 1. The molecule has 1 saturated heterocycles. The van der Waals surface area contributed by atoms with Crippen LogP contribution < -0.4 is 0 Å². The van der Waals surface area contributed by atoms with E-state index < -0.39 is 11.5 Å². The Morgan fingerprint density at radius 1 is 1.42 bits per heavy atom. The Morgan fingerprint density at radius 2 is 2.21 bits per heavy atom. The van der Waals surface area contributed by atoms with E-state index in [0.29, 0.717) is 38.6 Å². The Balaban J connectivity index is 1.73. The fourth-order valence-electron chi connectivity index (χ4n) is 3.78. The van der Waals surface area contributed by atoms with E-state index in [0.717, 1.165) is 25.0 Å². The van der Waals surface area contributed by atoms with Crippen molar-refractivity contribution in [3.05, 3.63) is 24.0 Å². The number of ether oxygens (including phenoxy) is 1. The van der Waals surface area contributed by atoms with Crippen LogP contribution in [0.2, 0.25) is 0 Å². The summed E-state index contributed by atoms with van der Waals surface area (Å²) in [5, 5.41) is 20.4. The molecule has 2 heterocycles. The van der Waals surface area contributed by atoms with E-state index in [4.69, 9.17) is 4.74 Å². The number of hydrogen-bond acceptors (Lipinski definition) is 4. The van der Waals surface area contributed by atoms with Gasteiger partial charge in [0, 0.05) is 44.5 Å². The SMILES string of the molecule is COCCC[C@@]1(CO)CN(C(=O)c2cccn2C2CC2)CC[C@H]1O. The van der Waals surface area contributed by atoms with E-state index in [-0.39, 0.29) is 12.5 Å². The number of aromatic nitrogens is 1. The molecule has 2 atom stereocenters. The summed E-state index contributed by atoms with van der Waals surface area (Å²) in [6.45, 7) is 1.39. The van der Waals surface area contributed by atoms with Gasteiger partial charge >= 0.3 is 0 Å². The van der Waals surface area contributed by atoms with Crippen molar-refractivity contribution in [1.82, 2.24) is 9.47 Å². The van der Waals surface area contributed by atoms with Gasteiger partial charge < -0.3 is 24.4 Å². The van der Waals surface area contributed by atoms with Crippen molar-refractivity contribution in [3.8, 4) is 0 Å². The minimum atomic E-state index is -0.649. The number of carbonyl (C=O) groups is 1. The van der Waals surface area contributed by atoms with Crippen LogP contribution in [0.3, 0.4) is 0 Å². The lowest BCUT2D eigenvalue weighted by Gasteiger charge is -2.45. The van der Waals surface area contributed by atoms with Gasteiger partial charge in [0.1, 0.15) is 5.69 Å². The maximum absolute atomic E-state index is 13.0. The number of carbonyl (C=O) groups excluding carboxylic acids is 1. The monoisotopic (exact) mass is 336 g/mol. The van der Waals surface area contributed by atoms with Crippen LogP contribution >= 0.6 is 0 Å². The van der Waals surface area contributed by atoms with Crippen LogP contribution in [0.5, 0.6) is 0 Å². The van der Waals surface area contributed by atoms with Crippen LogP contribution in [0.25, 0.3) is 0 Å². The molecule has 6 nitrogen and oxygen atoms in total. The van der Waals surface area contributed by atoms with Gasteiger partial charge in [0.2, 0.25) is 0 Å². The average Bonchev–Trinajstić information content (AvgIpc) is 3.33. The molecule has 0 aromatic carbocycles. The fourth-order valence-corrected chi connectivity index (χ4v) is 3.78. The summed E-state index contributed by atoms with van der Waals surface area (Å²) >= 11 is 0. The van der Waals surface area contributed by atoms with Crippen LogP contribution in [0.4, 0.5) is 0 Å². The zero-order valence-corrected chi connectivity index (χ0v) is 14.4. The van der Waals surface area contributed by atoms with Crippen LogP contribution in [0, 0.1) is 5.41 Å². The van der Waals surface area contributed by atoms with E-state index in [1.54, 1.807) is 12.0 Å². The summed E-state index contributed by atoms with van der Waals surface area (Å²) in [5.41, 5.74) is 0.0707. The molecule has 6 heteroatoms. The zero-order chi connectivity index (χ0) is 17.2. The Hall–Kier alpha value is -1.37. The maximum atomic E-state index is 13.0. The van der Waals surface area contributed by atoms with Gasteiger partial charge in [-0.25, -0.2) is 0 Å². The first-order valence-electron chi connectivity index (χ1n) is 8.85. The predicted octanol–water partition coefficient (Wildman–Crippen LogP) is 1.44. The lowest BCUT2D eigenvalue weighted by molar-refractivity contribution is -0.0746. The number of likely N-dealkylation sites (tertiary alicyclic amines) is 1. The van der Waals surface area contributed by atoms with Crippen molar-refractivity contribution < 1.29 is 19.7 Å². The maximum Gasteiger partial charge on any atom is 0.270 e. The van der Waals surface area contributed by atoms with Crippen molar-refractivity contribution >= 4 is 5.91 Å². The van der Waals surface area contributed by atoms with Gasteiger partial charge in [-0.05, 0) is 44.2 Å². The Kier molecular flexibility index (Phi) is 5.27. The average molecular weight is 336 g/mol. The number of aliphatic hydroxyl groups is 2. The van der Waals surface area contributed by atoms with E-state index in [2.05, 4.69) is 4.57 Å². The molecule has 1 aliphatic carbocycles. The normalized spacial score (nSPS) is 27.5. The molecule has 1 aromatic heterocycles. The number of amides is 1. The molecule has 2 aliphatic rings. The summed E-state index contributed by atoms with van der Waals surface area (Å²) in [5.74, 6) is 0.00312. The van der Waals surface area contributed by atoms with E-state index in [1.807, 2.05) is 18.3 Å². The first kappa shape index (κ1) is 17.5. The van der Waals surface area contributed by atoms with E-state index in [9.17, 15) is 15.0 Å². The second kappa shape index (κ2) is 7.25. The molecule has 2 N–H and O–H groups in total. The molecule has 3 rings (SSSR count). The van der Waals surface area contributed by atoms with Crippen LogP contribution in [-0.4, -0.2) is 65.1 Å². The van der Waals surface area contributed by atoms with Gasteiger partial charge in [0.15, 0.2) is 0 Å². The summed E-state index contributed by atoms with van der Waals surface area (Å²) in [4.78, 5) is 14.8. The lowest BCUT2D eigenvalue weighted by atomic mass is 9.74. The van der Waals surface area contributed by atoms with Crippen LogP contribution in [0.1, 0.15) is 48.6 Å². The van der Waals surface area contributed by atoms with Gasteiger partial charge in [0.25, 0.3) is 5.91 Å². The number of hydrogen-bond donors (Lipinski definition) is 2. The second-order valence-corrected chi connectivity index (χ2v) is 7.18. The predicted molar refractivity (Wildman–Crippen MR) is 89.9 cm³/mol. The minimum absolute atomic E-state index is 0.00312. The van der Waals surface area contributed by atoms with Gasteiger partial charge in [-0.3, -0.25) is 4.79 Å². The highest BCUT2D eigenvalue weighted by Gasteiger charge is 2.43.